The quantitative estimate of drug-likeness (QED) is 0.608. The second kappa shape index (κ2) is 8.94. The molecule has 0 saturated heterocycles. The Hall–Kier alpha value is -2.95. The third kappa shape index (κ3) is 5.55. The predicted molar refractivity (Wildman–Crippen MR) is 105 cm³/mol. The van der Waals surface area contributed by atoms with Gasteiger partial charge in [-0.2, -0.15) is 0 Å². The van der Waals surface area contributed by atoms with Gasteiger partial charge in [0, 0.05) is 10.8 Å². The van der Waals surface area contributed by atoms with Gasteiger partial charge in [-0.15, -0.1) is 0 Å². The van der Waals surface area contributed by atoms with E-state index in [0.29, 0.717) is 11.4 Å². The van der Waals surface area contributed by atoms with Gasteiger partial charge in [-0.05, 0) is 19.4 Å². The molecule has 0 aromatic heterocycles. The second-order valence-electron chi connectivity index (χ2n) is 7.21. The zero-order valence-corrected chi connectivity index (χ0v) is 15.7. The molecule has 0 radical (unpaired) electrons. The van der Waals surface area contributed by atoms with E-state index in [1.165, 1.54) is 0 Å². The number of hydrogen-bond acceptors (Lipinski definition) is 2. The van der Waals surface area contributed by atoms with Crippen molar-refractivity contribution < 1.29 is 9.90 Å². The molecule has 0 heterocycles. The van der Waals surface area contributed by atoms with Crippen LogP contribution in [-0.2, 0) is 15.6 Å². The van der Waals surface area contributed by atoms with E-state index in [-0.39, 0.29) is 12.0 Å². The van der Waals surface area contributed by atoms with Crippen LogP contribution in [0.2, 0.25) is 0 Å². The van der Waals surface area contributed by atoms with E-state index in [9.17, 15) is 4.79 Å². The van der Waals surface area contributed by atoms with Gasteiger partial charge >= 0.3 is 0 Å². The summed E-state index contributed by atoms with van der Waals surface area (Å²) in [5.41, 5.74) is 2.33. The lowest BCUT2D eigenvalue weighted by molar-refractivity contribution is -0.111. The summed E-state index contributed by atoms with van der Waals surface area (Å²) >= 11 is 0. The molecule has 0 fully saturated rings. The fourth-order valence-corrected chi connectivity index (χ4v) is 2.13. The lowest BCUT2D eigenvalue weighted by atomic mass is 9.85. The number of aldehydes is 1. The van der Waals surface area contributed by atoms with E-state index in [2.05, 4.69) is 9.69 Å². The molecule has 0 aliphatic rings. The fraction of sp³-hybridized carbons (Fsp3) is 0.318. The van der Waals surface area contributed by atoms with Gasteiger partial charge < -0.3 is 9.90 Å². The first kappa shape index (κ1) is 21.1. The van der Waals surface area contributed by atoms with Crippen molar-refractivity contribution >= 4 is 17.7 Å². The highest BCUT2D eigenvalue weighted by Crippen LogP contribution is 2.26. The van der Waals surface area contributed by atoms with E-state index in [1.54, 1.807) is 24.3 Å². The normalized spacial score (nSPS) is 10.7. The Kier molecular flexibility index (Phi) is 7.26. The molecule has 0 aliphatic carbocycles. The average molecular weight is 348 g/mol. The van der Waals surface area contributed by atoms with Crippen LogP contribution in [-0.4, -0.2) is 18.0 Å². The predicted octanol–water partition coefficient (Wildman–Crippen LogP) is 5.22. The molecule has 0 atom stereocenters. The molecule has 26 heavy (non-hydrogen) atoms. The number of hydrogen-bond donors (Lipinski definition) is 1. The van der Waals surface area contributed by atoms with Crippen LogP contribution in [0.3, 0.4) is 0 Å². The van der Waals surface area contributed by atoms with E-state index < -0.39 is 5.41 Å². The van der Waals surface area contributed by atoms with Crippen LogP contribution in [0.5, 0.6) is 0 Å². The first-order valence-electron chi connectivity index (χ1n) is 8.23. The van der Waals surface area contributed by atoms with Crippen molar-refractivity contribution in [2.24, 2.45) is 0 Å². The van der Waals surface area contributed by atoms with Crippen LogP contribution in [0.15, 0.2) is 48.5 Å². The molecule has 134 valence electrons. The number of nitrogens with zero attached hydrogens (tertiary/aromatic N) is 2. The summed E-state index contributed by atoms with van der Waals surface area (Å²) in [6.07, 6.45) is 0.899. The van der Waals surface area contributed by atoms with Gasteiger partial charge in [0.2, 0.25) is 0 Å². The maximum absolute atomic E-state index is 10.7. The van der Waals surface area contributed by atoms with Crippen molar-refractivity contribution in [3.63, 3.8) is 0 Å². The largest absolute Gasteiger partial charge is 0.395 e. The van der Waals surface area contributed by atoms with Gasteiger partial charge in [0.05, 0.1) is 19.8 Å². The van der Waals surface area contributed by atoms with Crippen molar-refractivity contribution in [2.75, 3.05) is 6.61 Å². The highest BCUT2D eigenvalue weighted by atomic mass is 16.3. The summed E-state index contributed by atoms with van der Waals surface area (Å²) in [6.45, 7) is 21.4. The van der Waals surface area contributed by atoms with E-state index >= 15 is 0 Å². The van der Waals surface area contributed by atoms with Crippen LogP contribution in [0.25, 0.3) is 9.69 Å². The molecule has 2 aromatic carbocycles. The summed E-state index contributed by atoms with van der Waals surface area (Å²) in [5, 5.41) is 9.13. The summed E-state index contributed by atoms with van der Waals surface area (Å²) in [6, 6.07) is 14.5. The molecular formula is C22H24N2O2. The summed E-state index contributed by atoms with van der Waals surface area (Å²) in [4.78, 5) is 17.4. The molecule has 0 amide bonds. The molecule has 0 saturated carbocycles. The Balaban J connectivity index is 0.000000260. The Labute approximate surface area is 155 Å². The lowest BCUT2D eigenvalue weighted by Gasteiger charge is -2.22. The first-order valence-corrected chi connectivity index (χ1v) is 8.23. The molecule has 2 rings (SSSR count). The Morgan fingerprint density at radius 3 is 1.81 bits per heavy atom. The van der Waals surface area contributed by atoms with Crippen molar-refractivity contribution in [3.05, 3.63) is 82.5 Å². The second-order valence-corrected chi connectivity index (χ2v) is 7.21. The maximum Gasteiger partial charge on any atom is 0.187 e. The average Bonchev–Trinajstić information content (AvgIpc) is 2.68. The molecular weight excluding hydrogens is 324 g/mol. The zero-order valence-electron chi connectivity index (χ0n) is 15.7. The van der Waals surface area contributed by atoms with Crippen molar-refractivity contribution in [1.82, 2.24) is 0 Å². The number of carbonyl (C=O) groups excluding carboxylic acids is 1. The van der Waals surface area contributed by atoms with Crippen LogP contribution in [0, 0.1) is 13.1 Å². The maximum atomic E-state index is 10.7. The van der Waals surface area contributed by atoms with Crippen LogP contribution in [0.1, 0.15) is 38.8 Å². The number of aliphatic hydroxyl groups is 1. The Bertz CT molecular complexity index is 840. The van der Waals surface area contributed by atoms with E-state index in [4.69, 9.17) is 18.3 Å². The SMILES string of the molecule is [C-]#[N+]c1cccc(C(C)(C)C=O)c1.[C-]#[N+]c1cccc(C(C)(C)CO)c1. The zero-order chi connectivity index (χ0) is 19.8. The van der Waals surface area contributed by atoms with E-state index in [1.807, 2.05) is 52.0 Å². The van der Waals surface area contributed by atoms with Gasteiger partial charge in [0.25, 0.3) is 0 Å². The molecule has 0 aliphatic heterocycles. The number of rotatable bonds is 4. The third-order valence-electron chi connectivity index (χ3n) is 4.17. The third-order valence-corrected chi connectivity index (χ3v) is 4.17. The van der Waals surface area contributed by atoms with Gasteiger partial charge in [0.15, 0.2) is 11.4 Å². The lowest BCUT2D eigenvalue weighted by Crippen LogP contribution is -2.21. The number of carbonyl (C=O) groups is 1. The topological polar surface area (TPSA) is 46.0 Å². The minimum Gasteiger partial charge on any atom is -0.395 e. The van der Waals surface area contributed by atoms with Crippen molar-refractivity contribution in [3.8, 4) is 0 Å². The van der Waals surface area contributed by atoms with Gasteiger partial charge in [0.1, 0.15) is 6.29 Å². The molecule has 0 unspecified atom stereocenters. The number of benzene rings is 2. The van der Waals surface area contributed by atoms with Gasteiger partial charge in [-0.25, -0.2) is 9.69 Å². The van der Waals surface area contributed by atoms with Crippen LogP contribution < -0.4 is 0 Å². The highest BCUT2D eigenvalue weighted by molar-refractivity contribution is 5.68. The minimum absolute atomic E-state index is 0.0917. The summed E-state index contributed by atoms with van der Waals surface area (Å²) in [5.74, 6) is 0. The van der Waals surface area contributed by atoms with Gasteiger partial charge in [-0.3, -0.25) is 0 Å². The van der Waals surface area contributed by atoms with Crippen molar-refractivity contribution in [1.29, 1.82) is 0 Å². The van der Waals surface area contributed by atoms with Crippen LogP contribution in [0.4, 0.5) is 11.4 Å². The molecule has 0 spiro atoms. The van der Waals surface area contributed by atoms with Crippen molar-refractivity contribution in [2.45, 2.75) is 38.5 Å². The standard InChI is InChI=1S/C11H13NO.C11H11NO/c2*1-11(2,8-13)9-5-4-6-10(7-9)12-3/h4-7,13H,8H2,1-2H3;4-8H,1-2H3. The first-order chi connectivity index (χ1) is 12.2. The number of aliphatic hydroxyl groups excluding tert-OH is 1. The summed E-state index contributed by atoms with van der Waals surface area (Å²) < 4.78 is 0. The fourth-order valence-electron chi connectivity index (χ4n) is 2.13. The summed E-state index contributed by atoms with van der Waals surface area (Å²) in [7, 11) is 0. The molecule has 1 N–H and O–H groups in total. The van der Waals surface area contributed by atoms with Gasteiger partial charge in [-0.1, -0.05) is 67.9 Å². The van der Waals surface area contributed by atoms with E-state index in [0.717, 1.165) is 17.4 Å². The molecule has 4 heteroatoms. The van der Waals surface area contributed by atoms with Crippen LogP contribution >= 0.6 is 0 Å². The Morgan fingerprint density at radius 1 is 0.923 bits per heavy atom. The molecule has 0 bridgehead atoms. The molecule has 2 aromatic rings. The molecule has 4 nitrogen and oxygen atoms in total. The highest BCUT2D eigenvalue weighted by Gasteiger charge is 2.19. The monoisotopic (exact) mass is 348 g/mol. The minimum atomic E-state index is -0.499. The smallest absolute Gasteiger partial charge is 0.187 e. The Morgan fingerprint density at radius 2 is 1.38 bits per heavy atom.